The Hall–Kier alpha value is -1.14. The molecule has 2 aromatic heterocycles. The van der Waals surface area contributed by atoms with Crippen molar-refractivity contribution >= 4 is 38.9 Å². The molecule has 3 aromatic rings. The molecule has 0 bridgehead atoms. The molecule has 6 heteroatoms. The molecule has 1 aromatic carbocycles. The smallest absolute Gasteiger partial charge is 0.169 e. The van der Waals surface area contributed by atoms with E-state index in [4.69, 9.17) is 16.0 Å². The number of hydrogen-bond acceptors (Lipinski definition) is 4. The second-order valence-corrected chi connectivity index (χ2v) is 7.11. The fourth-order valence-corrected chi connectivity index (χ4v) is 3.31. The molecule has 0 unspecified atom stereocenters. The molecule has 0 radical (unpaired) electrons. The SMILES string of the molecule is Clc1ccc(CCNCc2ncc(-c3ccc(Br)o3)s2)cc1. The van der Waals surface area contributed by atoms with Gasteiger partial charge in [-0.2, -0.15) is 0 Å². The molecule has 0 aliphatic rings. The van der Waals surface area contributed by atoms with E-state index in [1.807, 2.05) is 30.5 Å². The molecule has 0 saturated heterocycles. The van der Waals surface area contributed by atoms with Crippen molar-refractivity contribution < 1.29 is 4.42 Å². The second-order valence-electron chi connectivity index (χ2n) is 4.78. The summed E-state index contributed by atoms with van der Waals surface area (Å²) in [4.78, 5) is 5.46. The Labute approximate surface area is 146 Å². The number of nitrogens with zero attached hydrogens (tertiary/aromatic N) is 1. The molecule has 0 saturated carbocycles. The zero-order valence-corrected chi connectivity index (χ0v) is 14.8. The highest BCUT2D eigenvalue weighted by molar-refractivity contribution is 9.10. The summed E-state index contributed by atoms with van der Waals surface area (Å²) >= 11 is 10.8. The van der Waals surface area contributed by atoms with Gasteiger partial charge in [-0.25, -0.2) is 4.98 Å². The van der Waals surface area contributed by atoms with Crippen LogP contribution in [0.1, 0.15) is 10.6 Å². The van der Waals surface area contributed by atoms with Crippen molar-refractivity contribution in [1.82, 2.24) is 10.3 Å². The summed E-state index contributed by atoms with van der Waals surface area (Å²) in [5.41, 5.74) is 1.28. The number of rotatable bonds is 6. The van der Waals surface area contributed by atoms with Crippen LogP contribution in [-0.2, 0) is 13.0 Å². The molecule has 2 heterocycles. The molecular formula is C16H14BrClN2OS. The lowest BCUT2D eigenvalue weighted by Crippen LogP contribution is -2.16. The highest BCUT2D eigenvalue weighted by Gasteiger charge is 2.08. The van der Waals surface area contributed by atoms with E-state index in [0.717, 1.165) is 44.8 Å². The predicted octanol–water partition coefficient (Wildman–Crippen LogP) is 5.15. The first-order chi connectivity index (χ1) is 10.7. The maximum absolute atomic E-state index is 5.87. The van der Waals surface area contributed by atoms with Crippen LogP contribution in [0.4, 0.5) is 0 Å². The minimum Gasteiger partial charge on any atom is -0.448 e. The number of furan rings is 1. The van der Waals surface area contributed by atoms with E-state index in [0.29, 0.717) is 0 Å². The van der Waals surface area contributed by atoms with Crippen molar-refractivity contribution in [2.24, 2.45) is 0 Å². The van der Waals surface area contributed by atoms with E-state index in [9.17, 15) is 0 Å². The zero-order chi connectivity index (χ0) is 15.4. The van der Waals surface area contributed by atoms with E-state index in [1.165, 1.54) is 5.56 Å². The van der Waals surface area contributed by atoms with Gasteiger partial charge >= 0.3 is 0 Å². The Morgan fingerprint density at radius 2 is 2.00 bits per heavy atom. The normalized spacial score (nSPS) is 11.0. The largest absolute Gasteiger partial charge is 0.448 e. The standard InChI is InChI=1S/C16H14BrClN2OS/c17-15-6-5-13(21-15)14-9-20-16(22-14)10-19-8-7-11-1-3-12(18)4-2-11/h1-6,9,19H,7-8,10H2. The average Bonchev–Trinajstić information content (AvgIpc) is 3.14. The average molecular weight is 398 g/mol. The molecule has 0 aliphatic carbocycles. The topological polar surface area (TPSA) is 38.1 Å². The van der Waals surface area contributed by atoms with Crippen molar-refractivity contribution in [1.29, 1.82) is 0 Å². The van der Waals surface area contributed by atoms with E-state index < -0.39 is 0 Å². The van der Waals surface area contributed by atoms with Crippen LogP contribution in [0, 0.1) is 0 Å². The minimum atomic E-state index is 0.735. The molecule has 22 heavy (non-hydrogen) atoms. The molecule has 114 valence electrons. The van der Waals surface area contributed by atoms with Crippen molar-refractivity contribution in [3.63, 3.8) is 0 Å². The molecule has 3 rings (SSSR count). The van der Waals surface area contributed by atoms with Crippen LogP contribution in [0.15, 0.2) is 51.7 Å². The summed E-state index contributed by atoms with van der Waals surface area (Å²) in [6, 6.07) is 11.8. The first-order valence-electron chi connectivity index (χ1n) is 6.86. The Morgan fingerprint density at radius 1 is 1.18 bits per heavy atom. The van der Waals surface area contributed by atoms with Gasteiger partial charge in [-0.05, 0) is 58.7 Å². The van der Waals surface area contributed by atoms with Gasteiger partial charge in [-0.15, -0.1) is 11.3 Å². The molecular weight excluding hydrogens is 384 g/mol. The van der Waals surface area contributed by atoms with Gasteiger partial charge in [0, 0.05) is 17.8 Å². The second kappa shape index (κ2) is 7.42. The lowest BCUT2D eigenvalue weighted by atomic mass is 10.1. The third kappa shape index (κ3) is 4.20. The van der Waals surface area contributed by atoms with Crippen LogP contribution in [0.5, 0.6) is 0 Å². The fraction of sp³-hybridized carbons (Fsp3) is 0.188. The van der Waals surface area contributed by atoms with Gasteiger partial charge in [0.25, 0.3) is 0 Å². The van der Waals surface area contributed by atoms with E-state index in [2.05, 4.69) is 38.4 Å². The van der Waals surface area contributed by atoms with Gasteiger partial charge < -0.3 is 9.73 Å². The molecule has 0 aliphatic heterocycles. The lowest BCUT2D eigenvalue weighted by Gasteiger charge is -2.03. The number of halogens is 2. The molecule has 0 atom stereocenters. The molecule has 3 nitrogen and oxygen atoms in total. The molecule has 0 spiro atoms. The van der Waals surface area contributed by atoms with Crippen LogP contribution in [0.25, 0.3) is 10.6 Å². The highest BCUT2D eigenvalue weighted by atomic mass is 79.9. The molecule has 1 N–H and O–H groups in total. The Kier molecular flexibility index (Phi) is 5.31. The third-order valence-electron chi connectivity index (χ3n) is 3.15. The maximum atomic E-state index is 5.87. The van der Waals surface area contributed by atoms with Crippen LogP contribution in [0.2, 0.25) is 5.02 Å². The Balaban J connectivity index is 1.48. The first-order valence-corrected chi connectivity index (χ1v) is 8.85. The quantitative estimate of drug-likeness (QED) is 0.584. The Bertz CT molecular complexity index is 739. The van der Waals surface area contributed by atoms with Gasteiger partial charge in [0.2, 0.25) is 0 Å². The predicted molar refractivity (Wildman–Crippen MR) is 94.4 cm³/mol. The minimum absolute atomic E-state index is 0.735. The number of nitrogens with one attached hydrogen (secondary N) is 1. The summed E-state index contributed by atoms with van der Waals surface area (Å²) in [7, 11) is 0. The molecule has 0 amide bonds. The summed E-state index contributed by atoms with van der Waals surface area (Å²) in [5, 5.41) is 5.24. The van der Waals surface area contributed by atoms with E-state index >= 15 is 0 Å². The van der Waals surface area contributed by atoms with Gasteiger partial charge in [0.05, 0.1) is 4.88 Å². The maximum Gasteiger partial charge on any atom is 0.169 e. The van der Waals surface area contributed by atoms with Crippen molar-refractivity contribution in [2.75, 3.05) is 6.54 Å². The summed E-state index contributed by atoms with van der Waals surface area (Å²) in [6.07, 6.45) is 2.83. The summed E-state index contributed by atoms with van der Waals surface area (Å²) in [6.45, 7) is 1.67. The molecule has 0 fully saturated rings. The number of benzene rings is 1. The monoisotopic (exact) mass is 396 g/mol. The van der Waals surface area contributed by atoms with Gasteiger partial charge in [-0.3, -0.25) is 0 Å². The van der Waals surface area contributed by atoms with Crippen LogP contribution >= 0.6 is 38.9 Å². The van der Waals surface area contributed by atoms with Gasteiger partial charge in [0.15, 0.2) is 4.67 Å². The van der Waals surface area contributed by atoms with Gasteiger partial charge in [0.1, 0.15) is 10.8 Å². The number of hydrogen-bond donors (Lipinski definition) is 1. The van der Waals surface area contributed by atoms with E-state index in [1.54, 1.807) is 11.3 Å². The first kappa shape index (κ1) is 15.7. The lowest BCUT2D eigenvalue weighted by molar-refractivity contribution is 0.557. The number of aromatic nitrogens is 1. The van der Waals surface area contributed by atoms with Gasteiger partial charge in [-0.1, -0.05) is 23.7 Å². The fourth-order valence-electron chi connectivity index (χ4n) is 2.03. The summed E-state index contributed by atoms with van der Waals surface area (Å²) in [5.74, 6) is 0.844. The van der Waals surface area contributed by atoms with Crippen molar-refractivity contribution in [3.05, 3.63) is 62.9 Å². The van der Waals surface area contributed by atoms with Crippen molar-refractivity contribution in [2.45, 2.75) is 13.0 Å². The van der Waals surface area contributed by atoms with Crippen LogP contribution in [-0.4, -0.2) is 11.5 Å². The van der Waals surface area contributed by atoms with E-state index in [-0.39, 0.29) is 0 Å². The third-order valence-corrected chi connectivity index (χ3v) is 4.84. The van der Waals surface area contributed by atoms with Crippen molar-refractivity contribution in [3.8, 4) is 10.6 Å². The Morgan fingerprint density at radius 3 is 2.73 bits per heavy atom. The summed E-state index contributed by atoms with van der Waals surface area (Å²) < 4.78 is 6.27. The van der Waals surface area contributed by atoms with Crippen LogP contribution in [0.3, 0.4) is 0 Å². The number of thiazole rings is 1. The highest BCUT2D eigenvalue weighted by Crippen LogP contribution is 2.29. The van der Waals surface area contributed by atoms with Crippen LogP contribution < -0.4 is 5.32 Å². The zero-order valence-electron chi connectivity index (χ0n) is 11.7.